The number of hydrogen-bond acceptors (Lipinski definition) is 5. The first-order valence-electron chi connectivity index (χ1n) is 7.98. The number of hydrogen-bond donors (Lipinski definition) is 2. The fourth-order valence-corrected chi connectivity index (χ4v) is 2.51. The Bertz CT molecular complexity index is 1010. The van der Waals surface area contributed by atoms with E-state index in [1.807, 2.05) is 44.4 Å². The van der Waals surface area contributed by atoms with Crippen molar-refractivity contribution in [2.24, 2.45) is 7.05 Å². The minimum absolute atomic E-state index is 0.318. The van der Waals surface area contributed by atoms with Crippen molar-refractivity contribution in [2.75, 3.05) is 33.1 Å². The lowest BCUT2D eigenvalue weighted by Gasteiger charge is -2.04. The van der Waals surface area contributed by atoms with Crippen LogP contribution in [0.25, 0.3) is 22.2 Å². The average molecular weight is 352 g/mol. The van der Waals surface area contributed by atoms with Crippen LogP contribution in [0.4, 0.5) is 5.95 Å². The van der Waals surface area contributed by atoms with Gasteiger partial charge in [0.2, 0.25) is 5.95 Å². The minimum atomic E-state index is -0.423. The van der Waals surface area contributed by atoms with Crippen molar-refractivity contribution >= 4 is 22.9 Å². The number of nitrogens with one attached hydrogen (secondary N) is 2. The number of aryl methyl sites for hydroxylation is 1. The van der Waals surface area contributed by atoms with Crippen LogP contribution in [0, 0.1) is 11.8 Å². The van der Waals surface area contributed by atoms with Gasteiger partial charge in [-0.2, -0.15) is 5.10 Å². The molecule has 0 saturated carbocycles. The van der Waals surface area contributed by atoms with Crippen molar-refractivity contribution in [2.45, 2.75) is 0 Å². The molecule has 0 unspecified atom stereocenters. The third-order valence-electron chi connectivity index (χ3n) is 3.67. The van der Waals surface area contributed by atoms with Crippen molar-refractivity contribution < 1.29 is 9.53 Å². The van der Waals surface area contributed by atoms with E-state index in [-0.39, 0.29) is 0 Å². The Hall–Kier alpha value is -3.31. The number of nitrogens with zero attached hydrogens (tertiary/aromatic N) is 4. The maximum Gasteiger partial charge on any atom is 0.302 e. The van der Waals surface area contributed by atoms with Crippen LogP contribution >= 0.6 is 0 Å². The van der Waals surface area contributed by atoms with Gasteiger partial charge in [0.1, 0.15) is 16.8 Å². The fraction of sp³-hybridized carbons (Fsp3) is 0.278. The van der Waals surface area contributed by atoms with Crippen molar-refractivity contribution in [3.8, 4) is 28.7 Å². The monoisotopic (exact) mass is 352 g/mol. The lowest BCUT2D eigenvalue weighted by Crippen LogP contribution is -2.13. The third kappa shape index (κ3) is 3.68. The number of carbonyl (C=O) groups is 1. The van der Waals surface area contributed by atoms with Crippen LogP contribution in [0.5, 0.6) is 5.75 Å². The molecule has 8 nitrogen and oxygen atoms in total. The zero-order valence-corrected chi connectivity index (χ0v) is 15.1. The molecule has 3 rings (SSSR count). The number of H-pyrrole nitrogens is 1. The molecule has 0 atom stereocenters. The summed E-state index contributed by atoms with van der Waals surface area (Å²) in [5, 5.41) is 6.87. The maximum absolute atomic E-state index is 12.0. The maximum atomic E-state index is 12.0. The Labute approximate surface area is 151 Å². The number of rotatable bonds is 4. The topological polar surface area (TPSA) is 88.1 Å². The lowest BCUT2D eigenvalue weighted by molar-refractivity contribution is -0.111. The highest BCUT2D eigenvalue weighted by Gasteiger charge is 2.15. The first-order valence-corrected chi connectivity index (χ1v) is 7.98. The van der Waals surface area contributed by atoms with Crippen molar-refractivity contribution in [1.82, 2.24) is 24.6 Å². The van der Waals surface area contributed by atoms with Gasteiger partial charge >= 0.3 is 5.91 Å². The summed E-state index contributed by atoms with van der Waals surface area (Å²) in [5.74, 6) is 5.86. The van der Waals surface area contributed by atoms with Crippen LogP contribution in [-0.2, 0) is 11.8 Å². The van der Waals surface area contributed by atoms with E-state index in [1.165, 1.54) is 0 Å². The van der Waals surface area contributed by atoms with E-state index in [0.717, 1.165) is 11.1 Å². The molecule has 0 aliphatic heterocycles. The van der Waals surface area contributed by atoms with E-state index in [0.29, 0.717) is 29.3 Å². The molecular formula is C18H20N6O2. The second kappa shape index (κ2) is 7.29. The molecule has 3 aromatic rings. The molecule has 0 spiro atoms. The highest BCUT2D eigenvalue weighted by atomic mass is 16.5. The molecule has 0 saturated heterocycles. The smallest absolute Gasteiger partial charge is 0.302 e. The highest BCUT2D eigenvalue weighted by Crippen LogP contribution is 2.33. The Morgan fingerprint density at radius 2 is 2.23 bits per heavy atom. The Balaban J connectivity index is 1.95. The van der Waals surface area contributed by atoms with E-state index < -0.39 is 5.91 Å². The summed E-state index contributed by atoms with van der Waals surface area (Å²) < 4.78 is 7.12. The quantitative estimate of drug-likeness (QED) is 0.695. The summed E-state index contributed by atoms with van der Waals surface area (Å²) in [6.45, 7) is 0.506. The second-order valence-corrected chi connectivity index (χ2v) is 6.02. The number of ether oxygens (including phenoxy) is 1. The molecule has 2 aromatic heterocycles. The summed E-state index contributed by atoms with van der Waals surface area (Å²) in [4.78, 5) is 21.5. The highest BCUT2D eigenvalue weighted by molar-refractivity contribution is 6.04. The molecule has 0 aliphatic carbocycles. The predicted octanol–water partition coefficient (Wildman–Crippen LogP) is 1.48. The number of anilines is 1. The molecule has 2 heterocycles. The first-order chi connectivity index (χ1) is 12.5. The summed E-state index contributed by atoms with van der Waals surface area (Å²) in [6.07, 6.45) is 3.67. The van der Waals surface area contributed by atoms with Gasteiger partial charge in [-0.1, -0.05) is 5.92 Å². The number of fused-ring (bicyclic) bond motifs is 1. The zero-order valence-electron chi connectivity index (χ0n) is 15.1. The molecule has 134 valence electrons. The SMILES string of the molecule is COc1ccc(-c2cnn(C)c2)c2nc(NC(=O)C#CCN(C)C)[nH]c12. The number of aromatic nitrogens is 4. The van der Waals surface area contributed by atoms with E-state index >= 15 is 0 Å². The zero-order chi connectivity index (χ0) is 18.7. The molecule has 8 heteroatoms. The van der Waals surface area contributed by atoms with Crippen LogP contribution in [0.2, 0.25) is 0 Å². The Kier molecular flexibility index (Phi) is 4.91. The van der Waals surface area contributed by atoms with Crippen LogP contribution in [-0.4, -0.2) is 58.3 Å². The third-order valence-corrected chi connectivity index (χ3v) is 3.67. The van der Waals surface area contributed by atoms with Crippen LogP contribution in [0.3, 0.4) is 0 Å². The van der Waals surface area contributed by atoms with Crippen molar-refractivity contribution in [1.29, 1.82) is 0 Å². The van der Waals surface area contributed by atoms with Crippen molar-refractivity contribution in [3.05, 3.63) is 24.5 Å². The van der Waals surface area contributed by atoms with Crippen LogP contribution < -0.4 is 10.1 Å². The number of imidazole rings is 1. The van der Waals surface area contributed by atoms with Crippen molar-refractivity contribution in [3.63, 3.8) is 0 Å². The van der Waals surface area contributed by atoms with E-state index in [2.05, 4.69) is 32.2 Å². The van der Waals surface area contributed by atoms with E-state index in [1.54, 1.807) is 18.0 Å². The van der Waals surface area contributed by atoms with Crippen LogP contribution in [0.15, 0.2) is 24.5 Å². The number of amides is 1. The lowest BCUT2D eigenvalue weighted by atomic mass is 10.1. The standard InChI is InChI=1S/C18H20N6O2/c1-23(2)9-5-6-15(25)20-18-21-16-13(12-10-19-24(3)11-12)7-8-14(26-4)17(16)22-18/h7-8,10-11H,9H2,1-4H3,(H2,20,21,22,25). The van der Waals surface area contributed by atoms with Crippen LogP contribution in [0.1, 0.15) is 0 Å². The van der Waals surface area contributed by atoms with Gasteiger partial charge in [-0.3, -0.25) is 19.7 Å². The normalized spacial score (nSPS) is 10.7. The van der Waals surface area contributed by atoms with Gasteiger partial charge in [-0.15, -0.1) is 0 Å². The Morgan fingerprint density at radius 3 is 2.88 bits per heavy atom. The molecule has 26 heavy (non-hydrogen) atoms. The van der Waals surface area contributed by atoms with Gasteiger partial charge in [-0.25, -0.2) is 4.98 Å². The van der Waals surface area contributed by atoms with E-state index in [9.17, 15) is 4.79 Å². The molecule has 1 amide bonds. The number of methoxy groups -OCH3 is 1. The van der Waals surface area contributed by atoms with Gasteiger partial charge in [0.15, 0.2) is 0 Å². The van der Waals surface area contributed by atoms with Gasteiger partial charge < -0.3 is 9.72 Å². The molecule has 0 aliphatic rings. The molecule has 2 N–H and O–H groups in total. The molecular weight excluding hydrogens is 332 g/mol. The minimum Gasteiger partial charge on any atom is -0.494 e. The molecule has 0 radical (unpaired) electrons. The fourth-order valence-electron chi connectivity index (χ4n) is 2.51. The molecule has 0 fully saturated rings. The predicted molar refractivity (Wildman–Crippen MR) is 99.8 cm³/mol. The summed E-state index contributed by atoms with van der Waals surface area (Å²) in [5.41, 5.74) is 3.21. The van der Waals surface area contributed by atoms with Gasteiger partial charge in [-0.05, 0) is 32.1 Å². The summed E-state index contributed by atoms with van der Waals surface area (Å²) in [6, 6.07) is 3.77. The molecule has 1 aromatic carbocycles. The van der Waals surface area contributed by atoms with Gasteiger partial charge in [0, 0.05) is 24.4 Å². The summed E-state index contributed by atoms with van der Waals surface area (Å²) in [7, 11) is 7.22. The number of benzene rings is 1. The molecule has 0 bridgehead atoms. The van der Waals surface area contributed by atoms with Gasteiger partial charge in [0.25, 0.3) is 0 Å². The summed E-state index contributed by atoms with van der Waals surface area (Å²) >= 11 is 0. The van der Waals surface area contributed by atoms with E-state index in [4.69, 9.17) is 4.74 Å². The first kappa shape index (κ1) is 17.5. The number of carbonyl (C=O) groups excluding carboxylic acids is 1. The Morgan fingerprint density at radius 1 is 1.42 bits per heavy atom. The number of aromatic amines is 1. The average Bonchev–Trinajstić information content (AvgIpc) is 3.19. The van der Waals surface area contributed by atoms with Gasteiger partial charge in [0.05, 0.1) is 19.9 Å². The largest absolute Gasteiger partial charge is 0.494 e. The second-order valence-electron chi connectivity index (χ2n) is 6.02.